The van der Waals surface area contributed by atoms with Crippen LogP contribution >= 0.6 is 0 Å². The third-order valence-electron chi connectivity index (χ3n) is 5.73. The molecule has 0 bridgehead atoms. The van der Waals surface area contributed by atoms with Crippen molar-refractivity contribution < 1.29 is 18.0 Å². The summed E-state index contributed by atoms with van der Waals surface area (Å²) in [6.07, 6.45) is 1.17. The first-order valence-corrected chi connectivity index (χ1v) is 12.1. The number of benzene rings is 1. The Balaban J connectivity index is 2.06. The number of carbonyl (C=O) groups is 2. The smallest absolute Gasteiger partial charge is 0.223 e. The number of hydrogen-bond donors (Lipinski definition) is 1. The molecule has 9 heteroatoms. The van der Waals surface area contributed by atoms with Crippen molar-refractivity contribution >= 4 is 21.7 Å². The van der Waals surface area contributed by atoms with Crippen LogP contribution in [0, 0.1) is 11.3 Å². The van der Waals surface area contributed by atoms with E-state index in [2.05, 4.69) is 10.3 Å². The zero-order valence-electron chi connectivity index (χ0n) is 18.7. The van der Waals surface area contributed by atoms with Gasteiger partial charge in [0.2, 0.25) is 15.9 Å². The Labute approximate surface area is 183 Å². The molecule has 1 amide bonds. The normalized spacial score (nSPS) is 15.9. The highest BCUT2D eigenvalue weighted by atomic mass is 32.2. The van der Waals surface area contributed by atoms with Gasteiger partial charge >= 0.3 is 0 Å². The summed E-state index contributed by atoms with van der Waals surface area (Å²) in [6.45, 7) is 6.57. The van der Waals surface area contributed by atoms with Gasteiger partial charge in [-0.15, -0.1) is 0 Å². The van der Waals surface area contributed by atoms with E-state index in [4.69, 9.17) is 0 Å². The second kappa shape index (κ2) is 8.55. The monoisotopic (exact) mass is 446 g/mol. The topological polar surface area (TPSA) is 101 Å². The lowest BCUT2D eigenvalue weighted by Gasteiger charge is -2.29. The van der Waals surface area contributed by atoms with E-state index in [0.717, 1.165) is 5.56 Å². The summed E-state index contributed by atoms with van der Waals surface area (Å²) in [5.74, 6) is -0.351. The van der Waals surface area contributed by atoms with Crippen molar-refractivity contribution in [1.29, 1.82) is 0 Å². The molecule has 0 saturated heterocycles. The van der Waals surface area contributed by atoms with E-state index < -0.39 is 21.4 Å². The van der Waals surface area contributed by atoms with Gasteiger partial charge in [-0.3, -0.25) is 9.59 Å². The number of rotatable bonds is 6. The number of aromatic nitrogens is 2. The Kier molecular flexibility index (Phi) is 6.38. The van der Waals surface area contributed by atoms with Gasteiger partial charge in [0, 0.05) is 32.1 Å². The molecule has 2 heterocycles. The first-order chi connectivity index (χ1) is 14.4. The van der Waals surface area contributed by atoms with Crippen molar-refractivity contribution in [2.24, 2.45) is 11.3 Å². The highest BCUT2D eigenvalue weighted by molar-refractivity contribution is 7.88. The van der Waals surface area contributed by atoms with Crippen molar-refractivity contribution in [2.45, 2.75) is 40.3 Å². The average molecular weight is 447 g/mol. The first-order valence-electron chi connectivity index (χ1n) is 10.3. The molecule has 0 unspecified atom stereocenters. The molecule has 1 aliphatic heterocycles. The van der Waals surface area contributed by atoms with E-state index >= 15 is 0 Å². The summed E-state index contributed by atoms with van der Waals surface area (Å²) in [4.78, 5) is 30.5. The fourth-order valence-corrected chi connectivity index (χ4v) is 4.68. The van der Waals surface area contributed by atoms with E-state index in [9.17, 15) is 18.0 Å². The van der Waals surface area contributed by atoms with Crippen LogP contribution < -0.4 is 5.32 Å². The quantitative estimate of drug-likeness (QED) is 0.686. The molecule has 0 fully saturated rings. The van der Waals surface area contributed by atoms with Crippen molar-refractivity contribution in [3.8, 4) is 11.4 Å². The number of sulfonamides is 1. The molecular weight excluding hydrogens is 416 g/mol. The van der Waals surface area contributed by atoms with Gasteiger partial charge in [-0.25, -0.2) is 13.4 Å². The fraction of sp³-hybridized carbons (Fsp3) is 0.500. The lowest BCUT2D eigenvalue weighted by atomic mass is 9.77. The standard InChI is InChI=1S/C22H30N4O4S/c1-22(2,3)16(21(28)23-4)13-18(27)19-17-14-25(31(5,29)30)11-12-26(17)20(24-19)15-9-7-6-8-10-15/h6-10,16H,11-14H2,1-5H3,(H,23,28)/t16-/m1/s1. The van der Waals surface area contributed by atoms with Crippen molar-refractivity contribution in [2.75, 3.05) is 19.8 Å². The molecule has 0 saturated carbocycles. The summed E-state index contributed by atoms with van der Waals surface area (Å²) in [5, 5.41) is 2.64. The van der Waals surface area contributed by atoms with Crippen LogP contribution in [0.4, 0.5) is 0 Å². The second-order valence-electron chi connectivity index (χ2n) is 9.01. The third-order valence-corrected chi connectivity index (χ3v) is 6.98. The Hall–Kier alpha value is -2.52. The maximum atomic E-state index is 13.4. The van der Waals surface area contributed by atoms with E-state index in [1.807, 2.05) is 55.7 Å². The van der Waals surface area contributed by atoms with Crippen LogP contribution in [0.3, 0.4) is 0 Å². The van der Waals surface area contributed by atoms with Gasteiger partial charge in [-0.05, 0) is 5.41 Å². The summed E-state index contributed by atoms with van der Waals surface area (Å²) in [7, 11) is -1.86. The molecule has 168 valence electrons. The number of carbonyl (C=O) groups excluding carboxylic acids is 2. The van der Waals surface area contributed by atoms with E-state index in [1.165, 1.54) is 10.6 Å². The first kappa shape index (κ1) is 23.1. The van der Waals surface area contributed by atoms with Crippen LogP contribution in [0.1, 0.15) is 43.4 Å². The number of fused-ring (bicyclic) bond motifs is 1. The molecule has 1 aliphatic rings. The van der Waals surface area contributed by atoms with Gasteiger partial charge in [0.15, 0.2) is 5.78 Å². The maximum Gasteiger partial charge on any atom is 0.223 e. The lowest BCUT2D eigenvalue weighted by molar-refractivity contribution is -0.127. The predicted molar refractivity (Wildman–Crippen MR) is 119 cm³/mol. The summed E-state index contributed by atoms with van der Waals surface area (Å²) in [6, 6.07) is 9.51. The number of imidazole rings is 1. The van der Waals surface area contributed by atoms with Gasteiger partial charge in [0.25, 0.3) is 0 Å². The molecule has 1 atom stereocenters. The molecule has 0 radical (unpaired) electrons. The molecule has 1 N–H and O–H groups in total. The molecule has 31 heavy (non-hydrogen) atoms. The number of nitrogens with zero attached hydrogens (tertiary/aromatic N) is 3. The van der Waals surface area contributed by atoms with Crippen LogP contribution in [-0.4, -0.2) is 53.8 Å². The van der Waals surface area contributed by atoms with Crippen LogP contribution in [0.5, 0.6) is 0 Å². The molecule has 3 rings (SSSR count). The van der Waals surface area contributed by atoms with Crippen LogP contribution in [0.15, 0.2) is 30.3 Å². The highest BCUT2D eigenvalue weighted by Gasteiger charge is 2.36. The number of hydrogen-bond acceptors (Lipinski definition) is 5. The second-order valence-corrected chi connectivity index (χ2v) is 11.0. The van der Waals surface area contributed by atoms with Crippen molar-refractivity contribution in [3.05, 3.63) is 41.7 Å². The summed E-state index contributed by atoms with van der Waals surface area (Å²) >= 11 is 0. The van der Waals surface area contributed by atoms with E-state index in [1.54, 1.807) is 7.05 Å². The summed E-state index contributed by atoms with van der Waals surface area (Å²) < 4.78 is 27.6. The number of Topliss-reactive ketones (excluding diaryl/α,β-unsaturated/α-hetero) is 1. The number of amides is 1. The lowest BCUT2D eigenvalue weighted by Crippen LogP contribution is -2.39. The zero-order chi connectivity index (χ0) is 23.0. The van der Waals surface area contributed by atoms with E-state index in [-0.39, 0.29) is 30.3 Å². The van der Waals surface area contributed by atoms with Crippen LogP contribution in [-0.2, 0) is 27.9 Å². The third kappa shape index (κ3) is 4.88. The molecule has 8 nitrogen and oxygen atoms in total. The van der Waals surface area contributed by atoms with Crippen molar-refractivity contribution in [1.82, 2.24) is 19.2 Å². The Bertz CT molecular complexity index is 1080. The highest BCUT2D eigenvalue weighted by Crippen LogP contribution is 2.33. The Morgan fingerprint density at radius 1 is 1.16 bits per heavy atom. The minimum absolute atomic E-state index is 0.000289. The SMILES string of the molecule is CNC(=O)[C@@H](CC(=O)c1nc(-c2ccccc2)n2c1CN(S(C)(=O)=O)CC2)C(C)(C)C. The molecule has 1 aromatic heterocycles. The Morgan fingerprint density at radius 3 is 2.35 bits per heavy atom. The van der Waals surface area contributed by atoms with Crippen molar-refractivity contribution in [3.63, 3.8) is 0 Å². The maximum absolute atomic E-state index is 13.4. The van der Waals surface area contributed by atoms with Gasteiger partial charge in [0.1, 0.15) is 11.5 Å². The fourth-order valence-electron chi connectivity index (χ4n) is 3.91. The number of ketones is 1. The largest absolute Gasteiger partial charge is 0.359 e. The van der Waals surface area contributed by atoms with Gasteiger partial charge < -0.3 is 9.88 Å². The minimum Gasteiger partial charge on any atom is -0.359 e. The summed E-state index contributed by atoms with van der Waals surface area (Å²) in [5.41, 5.74) is 1.25. The van der Waals surface area contributed by atoms with Crippen LogP contribution in [0.25, 0.3) is 11.4 Å². The Morgan fingerprint density at radius 2 is 1.81 bits per heavy atom. The minimum atomic E-state index is -3.41. The van der Waals surface area contributed by atoms with Crippen LogP contribution in [0.2, 0.25) is 0 Å². The van der Waals surface area contributed by atoms with Gasteiger partial charge in [0.05, 0.1) is 24.4 Å². The molecule has 1 aromatic carbocycles. The molecular formula is C22H30N4O4S. The predicted octanol–water partition coefficient (Wildman–Crippen LogP) is 2.31. The number of nitrogens with one attached hydrogen (secondary N) is 1. The molecule has 0 aliphatic carbocycles. The average Bonchev–Trinajstić information content (AvgIpc) is 3.09. The molecule has 2 aromatic rings. The zero-order valence-corrected chi connectivity index (χ0v) is 19.5. The van der Waals surface area contributed by atoms with Gasteiger partial charge in [-0.2, -0.15) is 4.31 Å². The molecule has 0 spiro atoms. The van der Waals surface area contributed by atoms with E-state index in [0.29, 0.717) is 24.6 Å². The van der Waals surface area contributed by atoms with Gasteiger partial charge in [-0.1, -0.05) is 51.1 Å².